The smallest absolute Gasteiger partial charge is 0.348 e. The predicted molar refractivity (Wildman–Crippen MR) is 102 cm³/mol. The Balaban J connectivity index is 1.86. The van der Waals surface area contributed by atoms with Gasteiger partial charge in [0.25, 0.3) is 5.91 Å². The Labute approximate surface area is 154 Å². The Morgan fingerprint density at radius 1 is 1.26 bits per heavy atom. The van der Waals surface area contributed by atoms with Crippen molar-refractivity contribution in [3.05, 3.63) is 58.9 Å². The molecule has 138 valence electrons. The van der Waals surface area contributed by atoms with Gasteiger partial charge >= 0.3 is 5.69 Å². The average molecular weight is 365 g/mol. The molecule has 0 saturated heterocycles. The first-order chi connectivity index (χ1) is 13.0. The van der Waals surface area contributed by atoms with Crippen molar-refractivity contribution in [1.29, 1.82) is 0 Å². The van der Waals surface area contributed by atoms with Gasteiger partial charge in [-0.25, -0.2) is 14.3 Å². The molecule has 0 radical (unpaired) electrons. The summed E-state index contributed by atoms with van der Waals surface area (Å²) in [7, 11) is 3.89. The fraction of sp³-hybridized carbons (Fsp3) is 0.211. The third-order valence-corrected chi connectivity index (χ3v) is 4.44. The Morgan fingerprint density at radius 3 is 2.85 bits per heavy atom. The van der Waals surface area contributed by atoms with Gasteiger partial charge in [0, 0.05) is 24.0 Å². The van der Waals surface area contributed by atoms with E-state index >= 15 is 0 Å². The quantitative estimate of drug-likeness (QED) is 0.562. The monoisotopic (exact) mass is 365 g/mol. The zero-order chi connectivity index (χ0) is 19.0. The zero-order valence-corrected chi connectivity index (χ0v) is 15.0. The summed E-state index contributed by atoms with van der Waals surface area (Å²) in [6.45, 7) is 1.26. The Morgan fingerprint density at radius 2 is 2.11 bits per heavy atom. The molecule has 0 bridgehead atoms. The molecule has 8 nitrogen and oxygen atoms in total. The third-order valence-electron chi connectivity index (χ3n) is 4.44. The van der Waals surface area contributed by atoms with Crippen LogP contribution in [0, 0.1) is 0 Å². The van der Waals surface area contributed by atoms with E-state index in [0.717, 1.165) is 17.7 Å². The normalized spacial score (nSPS) is 11.5. The molecule has 1 aromatic carbocycles. The molecule has 0 aliphatic carbocycles. The molecule has 27 heavy (non-hydrogen) atoms. The number of H-pyrrole nitrogens is 1. The zero-order valence-electron chi connectivity index (χ0n) is 15.0. The third kappa shape index (κ3) is 3.11. The van der Waals surface area contributed by atoms with E-state index < -0.39 is 0 Å². The van der Waals surface area contributed by atoms with Crippen LogP contribution in [0.5, 0.6) is 0 Å². The molecule has 8 heteroatoms. The van der Waals surface area contributed by atoms with Crippen LogP contribution in [0.15, 0.2) is 52.1 Å². The van der Waals surface area contributed by atoms with Crippen LogP contribution in [-0.2, 0) is 0 Å². The molecule has 3 aromatic heterocycles. The van der Waals surface area contributed by atoms with Crippen molar-refractivity contribution in [2.45, 2.75) is 0 Å². The highest BCUT2D eigenvalue weighted by atomic mass is 16.3. The Bertz CT molecular complexity index is 1170. The molecule has 1 amide bonds. The molecular formula is C19H19N5O3. The predicted octanol–water partition coefficient (Wildman–Crippen LogP) is 1.73. The second kappa shape index (κ2) is 6.73. The highest BCUT2D eigenvalue weighted by Crippen LogP contribution is 2.27. The van der Waals surface area contributed by atoms with Crippen molar-refractivity contribution in [2.75, 3.05) is 27.2 Å². The van der Waals surface area contributed by atoms with Gasteiger partial charge in [-0.3, -0.25) is 4.79 Å². The van der Waals surface area contributed by atoms with Gasteiger partial charge < -0.3 is 14.6 Å². The van der Waals surface area contributed by atoms with Crippen LogP contribution < -0.4 is 11.0 Å². The van der Waals surface area contributed by atoms with Crippen molar-refractivity contribution in [1.82, 2.24) is 24.8 Å². The first-order valence-corrected chi connectivity index (χ1v) is 8.54. The van der Waals surface area contributed by atoms with Crippen LogP contribution in [-0.4, -0.2) is 52.6 Å². The maximum atomic E-state index is 12.7. The number of carbonyl (C=O) groups excluding carboxylic acids is 1. The number of furan rings is 1. The number of aromatic nitrogens is 3. The number of hydrogen-bond donors (Lipinski definition) is 2. The summed E-state index contributed by atoms with van der Waals surface area (Å²) in [6.07, 6.45) is 3.22. The summed E-state index contributed by atoms with van der Waals surface area (Å²) in [4.78, 5) is 27.0. The highest BCUT2D eigenvalue weighted by molar-refractivity contribution is 6.08. The fourth-order valence-corrected chi connectivity index (χ4v) is 3.07. The topological polar surface area (TPSA) is 95.6 Å². The summed E-state index contributed by atoms with van der Waals surface area (Å²) < 4.78 is 6.62. The first kappa shape index (κ1) is 17.0. The van der Waals surface area contributed by atoms with Gasteiger partial charge in [0.05, 0.1) is 23.6 Å². The Kier molecular flexibility index (Phi) is 4.25. The maximum absolute atomic E-state index is 12.7. The van der Waals surface area contributed by atoms with E-state index in [-0.39, 0.29) is 11.6 Å². The molecule has 3 heterocycles. The molecular weight excluding hydrogens is 346 g/mol. The second-order valence-corrected chi connectivity index (χ2v) is 6.58. The van der Waals surface area contributed by atoms with Gasteiger partial charge in [-0.1, -0.05) is 12.1 Å². The van der Waals surface area contributed by atoms with E-state index in [1.165, 1.54) is 4.40 Å². The van der Waals surface area contributed by atoms with Crippen molar-refractivity contribution in [3.63, 3.8) is 0 Å². The number of carbonyl (C=O) groups is 1. The minimum Gasteiger partial charge on any atom is -0.472 e. The SMILES string of the molecule is CN(C)CCNC(=O)c1cc2n[nH]c(=O)n2c2cc(-c3ccoc3)ccc12. The maximum Gasteiger partial charge on any atom is 0.348 e. The molecule has 4 rings (SSSR count). The number of pyridine rings is 1. The summed E-state index contributed by atoms with van der Waals surface area (Å²) in [6, 6.07) is 9.08. The molecule has 0 fully saturated rings. The second-order valence-electron chi connectivity index (χ2n) is 6.58. The van der Waals surface area contributed by atoms with Crippen LogP contribution >= 0.6 is 0 Å². The average Bonchev–Trinajstić information content (AvgIpc) is 3.30. The number of fused-ring (bicyclic) bond motifs is 3. The molecule has 0 aliphatic heterocycles. The van der Waals surface area contributed by atoms with Crippen molar-refractivity contribution in [2.24, 2.45) is 0 Å². The summed E-state index contributed by atoms with van der Waals surface area (Å²) >= 11 is 0. The Hall–Kier alpha value is -3.39. The summed E-state index contributed by atoms with van der Waals surface area (Å²) in [5, 5.41) is 10.1. The van der Waals surface area contributed by atoms with E-state index in [0.29, 0.717) is 28.7 Å². The number of aromatic amines is 1. The summed E-state index contributed by atoms with van der Waals surface area (Å²) in [5.74, 6) is -0.198. The lowest BCUT2D eigenvalue weighted by Crippen LogP contribution is -2.31. The van der Waals surface area contributed by atoms with Gasteiger partial charge in [-0.2, -0.15) is 5.10 Å². The van der Waals surface area contributed by atoms with Crippen molar-refractivity contribution in [3.8, 4) is 11.1 Å². The van der Waals surface area contributed by atoms with Crippen LogP contribution in [0.25, 0.3) is 27.7 Å². The van der Waals surface area contributed by atoms with Crippen molar-refractivity contribution >= 4 is 22.5 Å². The van der Waals surface area contributed by atoms with Crippen LogP contribution in [0.2, 0.25) is 0 Å². The van der Waals surface area contributed by atoms with E-state index in [1.54, 1.807) is 18.6 Å². The minimum absolute atomic E-state index is 0.198. The fourth-order valence-electron chi connectivity index (χ4n) is 3.07. The number of amides is 1. The number of rotatable bonds is 5. The number of nitrogens with one attached hydrogen (secondary N) is 2. The van der Waals surface area contributed by atoms with Gasteiger partial charge in [0.1, 0.15) is 0 Å². The largest absolute Gasteiger partial charge is 0.472 e. The number of hydrogen-bond acceptors (Lipinski definition) is 5. The van der Waals surface area contributed by atoms with E-state index in [1.807, 2.05) is 43.3 Å². The molecule has 0 atom stereocenters. The van der Waals surface area contributed by atoms with Crippen LogP contribution in [0.3, 0.4) is 0 Å². The lowest BCUT2D eigenvalue weighted by molar-refractivity contribution is 0.0952. The first-order valence-electron chi connectivity index (χ1n) is 8.54. The lowest BCUT2D eigenvalue weighted by Gasteiger charge is -2.12. The number of likely N-dealkylation sites (N-methyl/N-ethyl adjacent to an activating group) is 1. The molecule has 0 aliphatic rings. The number of benzene rings is 1. The number of nitrogens with zero attached hydrogens (tertiary/aromatic N) is 3. The molecule has 0 saturated carbocycles. The molecule has 4 aromatic rings. The van der Waals surface area contributed by atoms with Gasteiger partial charge in [0.2, 0.25) is 0 Å². The standard InChI is InChI=1S/C19H19N5O3/c1-23(2)7-6-20-18(25)15-10-17-21-22-19(26)24(17)16-9-12(3-4-14(15)16)13-5-8-27-11-13/h3-5,8-11H,6-7H2,1-2H3,(H,20,25)(H,22,26). The molecule has 0 unspecified atom stereocenters. The van der Waals surface area contributed by atoms with E-state index in [4.69, 9.17) is 4.42 Å². The summed E-state index contributed by atoms with van der Waals surface area (Å²) in [5.41, 5.74) is 2.92. The van der Waals surface area contributed by atoms with Gasteiger partial charge in [-0.05, 0) is 37.9 Å². The molecule has 0 spiro atoms. The van der Waals surface area contributed by atoms with E-state index in [2.05, 4.69) is 15.5 Å². The van der Waals surface area contributed by atoms with Gasteiger partial charge in [-0.15, -0.1) is 0 Å². The van der Waals surface area contributed by atoms with E-state index in [9.17, 15) is 9.59 Å². The van der Waals surface area contributed by atoms with Gasteiger partial charge in [0.15, 0.2) is 5.65 Å². The lowest BCUT2D eigenvalue weighted by atomic mass is 10.0. The van der Waals surface area contributed by atoms with Crippen LogP contribution in [0.1, 0.15) is 10.4 Å². The van der Waals surface area contributed by atoms with Crippen molar-refractivity contribution < 1.29 is 9.21 Å². The highest BCUT2D eigenvalue weighted by Gasteiger charge is 2.16. The van der Waals surface area contributed by atoms with Crippen LogP contribution in [0.4, 0.5) is 0 Å². The minimum atomic E-state index is -0.348. The molecule has 2 N–H and O–H groups in total.